The van der Waals surface area contributed by atoms with E-state index in [1.54, 1.807) is 32.2 Å². The first-order valence-corrected chi connectivity index (χ1v) is 11.4. The predicted octanol–water partition coefficient (Wildman–Crippen LogP) is 4.09. The van der Waals surface area contributed by atoms with Crippen molar-refractivity contribution in [3.63, 3.8) is 0 Å². The van der Waals surface area contributed by atoms with Crippen LogP contribution in [0.3, 0.4) is 0 Å². The Morgan fingerprint density at radius 1 is 0.968 bits per heavy atom. The van der Waals surface area contributed by atoms with E-state index < -0.39 is 10.0 Å². The molecule has 3 aromatic carbocycles. The summed E-state index contributed by atoms with van der Waals surface area (Å²) >= 11 is 0. The van der Waals surface area contributed by atoms with Crippen molar-refractivity contribution in [2.45, 2.75) is 25.2 Å². The Hall–Kier alpha value is -3.32. The smallest absolute Gasteiger partial charge is 0.261 e. The molecule has 0 unspecified atom stereocenters. The molecule has 0 saturated carbocycles. The standard InChI is InChI=1S/C24H26N2O4S/c1-17-8-11-20(12-9-17)26-31(28,29)21-13-10-18(2)22(16-21)24(27)25-15-14-19-6-4-5-7-23(19)30-3/h4-13,16,26H,14-15H2,1-3H3,(H,25,27). The number of anilines is 1. The highest BCUT2D eigenvalue weighted by atomic mass is 32.2. The van der Waals surface area contributed by atoms with Crippen molar-refractivity contribution in [1.82, 2.24) is 5.32 Å². The van der Waals surface area contributed by atoms with Gasteiger partial charge in [0, 0.05) is 17.8 Å². The number of aryl methyl sites for hydroxylation is 2. The zero-order valence-corrected chi connectivity index (χ0v) is 18.6. The first kappa shape index (κ1) is 22.4. The van der Waals surface area contributed by atoms with Crippen LogP contribution in [0.5, 0.6) is 5.75 Å². The molecular formula is C24H26N2O4S. The molecule has 0 spiro atoms. The molecule has 3 aromatic rings. The van der Waals surface area contributed by atoms with Crippen LogP contribution in [0, 0.1) is 13.8 Å². The topological polar surface area (TPSA) is 84.5 Å². The van der Waals surface area contributed by atoms with Crippen molar-refractivity contribution in [3.05, 3.63) is 89.0 Å². The molecule has 3 rings (SSSR count). The van der Waals surface area contributed by atoms with Crippen LogP contribution < -0.4 is 14.8 Å². The fourth-order valence-corrected chi connectivity index (χ4v) is 4.25. The number of methoxy groups -OCH3 is 1. The third-order valence-corrected chi connectivity index (χ3v) is 6.32. The fourth-order valence-electron chi connectivity index (χ4n) is 3.16. The molecule has 0 aliphatic heterocycles. The summed E-state index contributed by atoms with van der Waals surface area (Å²) in [5.74, 6) is 0.447. The van der Waals surface area contributed by atoms with Crippen LogP contribution in [0.1, 0.15) is 27.0 Å². The van der Waals surface area contributed by atoms with Crippen molar-refractivity contribution < 1.29 is 17.9 Å². The Kier molecular flexibility index (Phi) is 6.97. The highest BCUT2D eigenvalue weighted by Gasteiger charge is 2.18. The number of amides is 1. The fraction of sp³-hybridized carbons (Fsp3) is 0.208. The second-order valence-electron chi connectivity index (χ2n) is 7.27. The van der Waals surface area contributed by atoms with Gasteiger partial charge in [-0.3, -0.25) is 9.52 Å². The molecule has 7 heteroatoms. The molecule has 0 aliphatic carbocycles. The third kappa shape index (κ3) is 5.64. The maximum Gasteiger partial charge on any atom is 0.261 e. The van der Waals surface area contributed by atoms with Crippen LogP contribution in [0.4, 0.5) is 5.69 Å². The summed E-state index contributed by atoms with van der Waals surface area (Å²) in [6.07, 6.45) is 0.599. The van der Waals surface area contributed by atoms with Crippen molar-refractivity contribution in [1.29, 1.82) is 0 Å². The van der Waals surface area contributed by atoms with Crippen LogP contribution in [0.15, 0.2) is 71.6 Å². The number of sulfonamides is 1. The van der Waals surface area contributed by atoms with E-state index in [1.165, 1.54) is 12.1 Å². The van der Waals surface area contributed by atoms with E-state index in [4.69, 9.17) is 4.74 Å². The van der Waals surface area contributed by atoms with E-state index in [2.05, 4.69) is 10.0 Å². The second-order valence-corrected chi connectivity index (χ2v) is 8.95. The average Bonchev–Trinajstić information content (AvgIpc) is 2.75. The van der Waals surface area contributed by atoms with Gasteiger partial charge in [0.25, 0.3) is 15.9 Å². The van der Waals surface area contributed by atoms with Gasteiger partial charge >= 0.3 is 0 Å². The SMILES string of the molecule is COc1ccccc1CCNC(=O)c1cc(S(=O)(=O)Nc2ccc(C)cc2)ccc1C. The molecule has 0 bridgehead atoms. The molecule has 0 radical (unpaired) electrons. The molecule has 6 nitrogen and oxygen atoms in total. The zero-order chi connectivity index (χ0) is 22.4. The lowest BCUT2D eigenvalue weighted by atomic mass is 10.1. The predicted molar refractivity (Wildman–Crippen MR) is 122 cm³/mol. The number of carbonyl (C=O) groups is 1. The molecule has 31 heavy (non-hydrogen) atoms. The summed E-state index contributed by atoms with van der Waals surface area (Å²) in [6, 6.07) is 19.2. The maximum absolute atomic E-state index is 12.8. The first-order chi connectivity index (χ1) is 14.8. The van der Waals surface area contributed by atoms with Crippen LogP contribution >= 0.6 is 0 Å². The minimum absolute atomic E-state index is 0.0357. The van der Waals surface area contributed by atoms with Crippen LogP contribution in [-0.2, 0) is 16.4 Å². The lowest BCUT2D eigenvalue weighted by Gasteiger charge is -2.12. The Bertz CT molecular complexity index is 1170. The van der Waals surface area contributed by atoms with Crippen LogP contribution in [0.25, 0.3) is 0 Å². The molecule has 0 fully saturated rings. The number of carbonyl (C=O) groups excluding carboxylic acids is 1. The van der Waals surface area contributed by atoms with E-state index >= 15 is 0 Å². The summed E-state index contributed by atoms with van der Waals surface area (Å²) in [5.41, 5.74) is 3.51. The molecule has 0 atom stereocenters. The summed E-state index contributed by atoms with van der Waals surface area (Å²) in [6.45, 7) is 4.10. The number of hydrogen-bond donors (Lipinski definition) is 2. The zero-order valence-electron chi connectivity index (χ0n) is 17.8. The molecule has 1 amide bonds. The highest BCUT2D eigenvalue weighted by Crippen LogP contribution is 2.20. The summed E-state index contributed by atoms with van der Waals surface area (Å²) in [4.78, 5) is 12.8. The van der Waals surface area contributed by atoms with E-state index in [0.717, 1.165) is 16.9 Å². The molecule has 0 aliphatic rings. The molecule has 0 saturated heterocycles. The number of para-hydroxylation sites is 1. The van der Waals surface area contributed by atoms with Gasteiger partial charge in [0.1, 0.15) is 5.75 Å². The first-order valence-electron chi connectivity index (χ1n) is 9.90. The number of ether oxygens (including phenoxy) is 1. The number of nitrogens with one attached hydrogen (secondary N) is 2. The lowest BCUT2D eigenvalue weighted by Crippen LogP contribution is -2.27. The highest BCUT2D eigenvalue weighted by molar-refractivity contribution is 7.92. The molecule has 0 aromatic heterocycles. The molecule has 0 heterocycles. The molecular weight excluding hydrogens is 412 g/mol. The minimum atomic E-state index is -3.82. The van der Waals surface area contributed by atoms with E-state index in [9.17, 15) is 13.2 Å². The van der Waals surface area contributed by atoms with Gasteiger partial charge in [-0.1, -0.05) is 42.0 Å². The van der Waals surface area contributed by atoms with Crippen molar-refractivity contribution >= 4 is 21.6 Å². The van der Waals surface area contributed by atoms with Gasteiger partial charge in [-0.05, 0) is 61.7 Å². The second kappa shape index (κ2) is 9.66. The van der Waals surface area contributed by atoms with Crippen molar-refractivity contribution in [2.24, 2.45) is 0 Å². The Balaban J connectivity index is 1.72. The largest absolute Gasteiger partial charge is 0.496 e. The summed E-state index contributed by atoms with van der Waals surface area (Å²) < 4.78 is 33.5. The monoisotopic (exact) mass is 438 g/mol. The van der Waals surface area contributed by atoms with Gasteiger partial charge in [0.2, 0.25) is 0 Å². The van der Waals surface area contributed by atoms with Gasteiger partial charge in [-0.25, -0.2) is 8.42 Å². The van der Waals surface area contributed by atoms with Gasteiger partial charge in [0.05, 0.1) is 12.0 Å². The quantitative estimate of drug-likeness (QED) is 0.555. The number of benzene rings is 3. The van der Waals surface area contributed by atoms with Crippen molar-refractivity contribution in [2.75, 3.05) is 18.4 Å². The van der Waals surface area contributed by atoms with Gasteiger partial charge in [-0.15, -0.1) is 0 Å². The van der Waals surface area contributed by atoms with Gasteiger partial charge in [0.15, 0.2) is 0 Å². The van der Waals surface area contributed by atoms with Gasteiger partial charge < -0.3 is 10.1 Å². The van der Waals surface area contributed by atoms with Gasteiger partial charge in [-0.2, -0.15) is 0 Å². The third-order valence-electron chi connectivity index (χ3n) is 4.94. The Labute approximate surface area is 183 Å². The van der Waals surface area contributed by atoms with Crippen LogP contribution in [0.2, 0.25) is 0 Å². The lowest BCUT2D eigenvalue weighted by molar-refractivity contribution is 0.0953. The van der Waals surface area contributed by atoms with E-state index in [0.29, 0.717) is 29.8 Å². The average molecular weight is 439 g/mol. The van der Waals surface area contributed by atoms with Crippen LogP contribution in [-0.4, -0.2) is 28.0 Å². The van der Waals surface area contributed by atoms with E-state index in [-0.39, 0.29) is 10.8 Å². The number of rotatable bonds is 8. The normalized spacial score (nSPS) is 11.1. The van der Waals surface area contributed by atoms with Crippen molar-refractivity contribution in [3.8, 4) is 5.75 Å². The molecule has 162 valence electrons. The number of hydrogen-bond acceptors (Lipinski definition) is 4. The maximum atomic E-state index is 12.8. The summed E-state index contributed by atoms with van der Waals surface area (Å²) in [7, 11) is -2.21. The Morgan fingerprint density at radius 2 is 1.68 bits per heavy atom. The molecule has 2 N–H and O–H groups in total. The minimum Gasteiger partial charge on any atom is -0.496 e. The summed E-state index contributed by atoms with van der Waals surface area (Å²) in [5, 5.41) is 2.86. The van der Waals surface area contributed by atoms with E-state index in [1.807, 2.05) is 43.3 Å². The Morgan fingerprint density at radius 3 is 2.39 bits per heavy atom.